The van der Waals surface area contributed by atoms with Crippen molar-refractivity contribution in [2.75, 3.05) is 0 Å². The van der Waals surface area contributed by atoms with Crippen molar-refractivity contribution in [3.8, 4) is 0 Å². The summed E-state index contributed by atoms with van der Waals surface area (Å²) in [4.78, 5) is 0. The normalized spacial score (nSPS) is 20.9. The molecular weight excluding hydrogens is 215 g/mol. The Bertz CT molecular complexity index is 111. The summed E-state index contributed by atoms with van der Waals surface area (Å²) in [5, 5.41) is 0. The SMILES string of the molecule is C=C[CH2][Sn]1([CH2]C=C)[CH2][CH2]1. The molecule has 1 saturated heterocycles. The Morgan fingerprint density at radius 1 is 1.11 bits per heavy atom. The Kier molecular flexibility index (Phi) is 2.39. The Hall–Kier alpha value is 0.279. The van der Waals surface area contributed by atoms with Crippen LogP contribution in [0.4, 0.5) is 0 Å². The Morgan fingerprint density at radius 3 is 1.78 bits per heavy atom. The molecule has 1 aliphatic heterocycles. The molecule has 1 aliphatic rings. The van der Waals surface area contributed by atoms with Crippen molar-refractivity contribution in [1.29, 1.82) is 0 Å². The number of allylic oxidation sites excluding steroid dienone is 2. The average Bonchev–Trinajstić information content (AvgIpc) is 2.51. The molecule has 0 saturated carbocycles. The molecule has 0 amide bonds. The fourth-order valence-electron chi connectivity index (χ4n) is 1.28. The van der Waals surface area contributed by atoms with Gasteiger partial charge in [0.15, 0.2) is 0 Å². The molecule has 0 aromatic rings. The van der Waals surface area contributed by atoms with Gasteiger partial charge in [0.25, 0.3) is 0 Å². The first kappa shape index (κ1) is 7.39. The fourth-order valence-corrected chi connectivity index (χ4v) is 15.4. The zero-order valence-corrected chi connectivity index (χ0v) is 8.75. The van der Waals surface area contributed by atoms with Crippen LogP contribution in [0.5, 0.6) is 0 Å². The van der Waals surface area contributed by atoms with Crippen LogP contribution in [0.3, 0.4) is 0 Å². The summed E-state index contributed by atoms with van der Waals surface area (Å²) in [6.45, 7) is 7.57. The monoisotopic (exact) mass is 230 g/mol. The van der Waals surface area contributed by atoms with Gasteiger partial charge >= 0.3 is 61.4 Å². The first-order valence-electron chi connectivity index (χ1n) is 3.55. The molecule has 9 heavy (non-hydrogen) atoms. The van der Waals surface area contributed by atoms with E-state index >= 15 is 0 Å². The number of hydrogen-bond donors (Lipinski definition) is 0. The minimum atomic E-state index is -1.36. The third-order valence-corrected chi connectivity index (χ3v) is 14.2. The van der Waals surface area contributed by atoms with Crippen molar-refractivity contribution in [2.24, 2.45) is 0 Å². The van der Waals surface area contributed by atoms with E-state index in [1.807, 2.05) is 0 Å². The van der Waals surface area contributed by atoms with Crippen LogP contribution in [-0.4, -0.2) is 18.4 Å². The molecule has 0 aromatic carbocycles. The summed E-state index contributed by atoms with van der Waals surface area (Å²) in [5.74, 6) is 0. The van der Waals surface area contributed by atoms with E-state index in [1.54, 1.807) is 8.87 Å². The molecule has 1 fully saturated rings. The van der Waals surface area contributed by atoms with Crippen molar-refractivity contribution < 1.29 is 0 Å². The molecule has 0 nitrogen and oxygen atoms in total. The van der Waals surface area contributed by atoms with Crippen LogP contribution in [0.25, 0.3) is 0 Å². The predicted molar refractivity (Wildman–Crippen MR) is 45.4 cm³/mol. The van der Waals surface area contributed by atoms with Gasteiger partial charge in [-0.3, -0.25) is 0 Å². The van der Waals surface area contributed by atoms with E-state index in [4.69, 9.17) is 0 Å². The van der Waals surface area contributed by atoms with Crippen molar-refractivity contribution in [2.45, 2.75) is 17.7 Å². The second-order valence-corrected chi connectivity index (χ2v) is 16.7. The molecule has 50 valence electrons. The van der Waals surface area contributed by atoms with Crippen molar-refractivity contribution >= 4 is 18.4 Å². The van der Waals surface area contributed by atoms with E-state index in [0.717, 1.165) is 0 Å². The summed E-state index contributed by atoms with van der Waals surface area (Å²) in [7, 11) is 0. The summed E-state index contributed by atoms with van der Waals surface area (Å²) in [6, 6.07) is 0. The van der Waals surface area contributed by atoms with Crippen LogP contribution in [-0.2, 0) is 0 Å². The van der Waals surface area contributed by atoms with E-state index in [1.165, 1.54) is 8.87 Å². The van der Waals surface area contributed by atoms with Crippen molar-refractivity contribution in [3.63, 3.8) is 0 Å². The summed E-state index contributed by atoms with van der Waals surface area (Å²) < 4.78 is 5.96. The molecule has 0 atom stereocenters. The first-order chi connectivity index (χ1) is 4.33. The minimum absolute atomic E-state index is 1.36. The summed E-state index contributed by atoms with van der Waals surface area (Å²) >= 11 is -1.36. The molecule has 1 heterocycles. The molecule has 0 aromatic heterocycles. The van der Waals surface area contributed by atoms with E-state index in [2.05, 4.69) is 25.3 Å². The zero-order valence-electron chi connectivity index (χ0n) is 5.90. The fraction of sp³-hybridized carbons (Fsp3) is 0.500. The molecule has 0 bridgehead atoms. The van der Waals surface area contributed by atoms with Gasteiger partial charge in [-0.15, -0.1) is 0 Å². The van der Waals surface area contributed by atoms with Crippen LogP contribution in [0, 0.1) is 0 Å². The van der Waals surface area contributed by atoms with Crippen LogP contribution in [0.1, 0.15) is 0 Å². The second-order valence-electron chi connectivity index (χ2n) is 2.99. The van der Waals surface area contributed by atoms with Gasteiger partial charge in [-0.2, -0.15) is 0 Å². The molecule has 0 aliphatic carbocycles. The van der Waals surface area contributed by atoms with Gasteiger partial charge in [-0.25, -0.2) is 0 Å². The van der Waals surface area contributed by atoms with E-state index in [9.17, 15) is 0 Å². The summed E-state index contributed by atoms with van der Waals surface area (Å²) in [5.41, 5.74) is 0. The Balaban J connectivity index is 2.32. The molecule has 0 N–H and O–H groups in total. The average molecular weight is 229 g/mol. The number of hydrogen-bond acceptors (Lipinski definition) is 0. The second kappa shape index (κ2) is 2.91. The third kappa shape index (κ3) is 1.85. The zero-order chi connectivity index (χ0) is 6.74. The van der Waals surface area contributed by atoms with Crippen LogP contribution in [0.2, 0.25) is 17.7 Å². The van der Waals surface area contributed by atoms with Crippen LogP contribution in [0.15, 0.2) is 25.3 Å². The van der Waals surface area contributed by atoms with Gasteiger partial charge in [0.05, 0.1) is 0 Å². The Morgan fingerprint density at radius 2 is 1.56 bits per heavy atom. The number of rotatable bonds is 4. The Labute approximate surface area is 61.5 Å². The van der Waals surface area contributed by atoms with Crippen molar-refractivity contribution in [1.82, 2.24) is 0 Å². The first-order valence-corrected chi connectivity index (χ1v) is 11.6. The van der Waals surface area contributed by atoms with Gasteiger partial charge in [-0.1, -0.05) is 0 Å². The maximum atomic E-state index is 3.79. The molecular formula is C8H14Sn. The molecule has 0 radical (unpaired) electrons. The van der Waals surface area contributed by atoms with Gasteiger partial charge in [0, 0.05) is 0 Å². The quantitative estimate of drug-likeness (QED) is 0.513. The summed E-state index contributed by atoms with van der Waals surface area (Å²) in [6.07, 6.45) is 4.24. The van der Waals surface area contributed by atoms with E-state index in [0.29, 0.717) is 0 Å². The molecule has 1 heteroatoms. The van der Waals surface area contributed by atoms with Gasteiger partial charge < -0.3 is 0 Å². The topological polar surface area (TPSA) is 0 Å². The van der Waals surface area contributed by atoms with Gasteiger partial charge in [-0.05, 0) is 0 Å². The molecule has 0 unspecified atom stereocenters. The van der Waals surface area contributed by atoms with E-state index < -0.39 is 18.4 Å². The molecule has 1 rings (SSSR count). The standard InChI is InChI=1S/2C3H5.C2H4.Sn/c2*1-3-2;1-2;/h2*3H,1-2H2;1-2H2;. The van der Waals surface area contributed by atoms with Crippen LogP contribution >= 0.6 is 0 Å². The predicted octanol–water partition coefficient (Wildman–Crippen LogP) is 2.82. The van der Waals surface area contributed by atoms with Crippen LogP contribution < -0.4 is 0 Å². The van der Waals surface area contributed by atoms with Gasteiger partial charge in [0.1, 0.15) is 0 Å². The van der Waals surface area contributed by atoms with Crippen molar-refractivity contribution in [3.05, 3.63) is 25.3 Å². The molecule has 0 spiro atoms. The van der Waals surface area contributed by atoms with E-state index in [-0.39, 0.29) is 0 Å². The third-order valence-electron chi connectivity index (χ3n) is 2.11. The maximum absolute atomic E-state index is 3.79. The van der Waals surface area contributed by atoms with Gasteiger partial charge in [0.2, 0.25) is 0 Å².